The third kappa shape index (κ3) is 28.5. The fraction of sp³-hybridized carbons (Fsp3) is 0.714. The SMILES string of the molecule is CCN1CCN(CC(=O)O)CCN(CC(=O)O)CCN(CC)C(Cc2ccc(Cc3nc(N(C)C)nc(N4CCN(CCCCCCCCCCC(=O)NCCCC[C@H](NC(=O)N[C@@H](CCC(=O)O)C(=O)O)C(=O)O)CC4)n3)cc2)C1.[Lu]. The van der Waals surface area contributed by atoms with E-state index >= 15 is 0 Å². The Morgan fingerprint density at radius 1 is 0.585 bits per heavy atom. The average Bonchev–Trinajstić information content (AvgIpc) is 3.46. The summed E-state index contributed by atoms with van der Waals surface area (Å²) in [5.41, 5.74) is 2.31. The number of nitrogens with one attached hydrogen (secondary N) is 3. The molecule has 0 saturated carbocycles. The van der Waals surface area contributed by atoms with Crippen molar-refractivity contribution < 1.29 is 96.0 Å². The van der Waals surface area contributed by atoms with Crippen LogP contribution in [0.4, 0.5) is 16.7 Å². The number of aromatic nitrogens is 3. The minimum atomic E-state index is -1.47. The number of nitrogens with zero attached hydrogens (tertiary/aromatic N) is 10. The van der Waals surface area contributed by atoms with Crippen LogP contribution in [-0.2, 0) is 41.6 Å². The maximum Gasteiger partial charge on any atom is 0.326 e. The predicted octanol–water partition coefficient (Wildman–Crippen LogP) is 2.86. The normalized spacial score (nSPS) is 17.1. The topological polar surface area (TPSA) is 318 Å². The van der Waals surface area contributed by atoms with Gasteiger partial charge in [0, 0.05) is 155 Å². The van der Waals surface area contributed by atoms with E-state index in [1.165, 1.54) is 18.4 Å². The number of aliphatic carboxylic acids is 5. The summed E-state index contributed by atoms with van der Waals surface area (Å²) in [5, 5.41) is 53.9. The molecule has 82 heavy (non-hydrogen) atoms. The van der Waals surface area contributed by atoms with E-state index in [-0.39, 0.29) is 74.8 Å². The van der Waals surface area contributed by atoms with Gasteiger partial charge in [-0.3, -0.25) is 38.8 Å². The van der Waals surface area contributed by atoms with Gasteiger partial charge in [-0.05, 0) is 75.7 Å². The van der Waals surface area contributed by atoms with Gasteiger partial charge in [-0.1, -0.05) is 76.6 Å². The van der Waals surface area contributed by atoms with E-state index in [1.54, 1.807) is 0 Å². The molecule has 3 atom stereocenters. The molecule has 1 aromatic carbocycles. The van der Waals surface area contributed by atoms with Crippen molar-refractivity contribution in [1.82, 2.24) is 55.4 Å². The summed E-state index contributed by atoms with van der Waals surface area (Å²) in [5.74, 6) is -3.73. The molecule has 25 nitrogen and oxygen atoms in total. The number of carboxylic acid groups (broad SMARTS) is 5. The number of anilines is 2. The molecular formula is C56H93LuN13O12. The molecule has 2 saturated heterocycles. The number of urea groups is 1. The summed E-state index contributed by atoms with van der Waals surface area (Å²) in [7, 11) is 3.89. The number of likely N-dealkylation sites (N-methyl/N-ethyl adjacent to an activating group) is 2. The van der Waals surface area contributed by atoms with Crippen molar-refractivity contribution in [1.29, 1.82) is 0 Å². The van der Waals surface area contributed by atoms with Crippen molar-refractivity contribution >= 4 is 53.7 Å². The molecule has 26 heteroatoms. The monoisotopic (exact) mass is 1310 g/mol. The van der Waals surface area contributed by atoms with Crippen LogP contribution in [0.15, 0.2) is 24.3 Å². The molecule has 2 fully saturated rings. The first-order chi connectivity index (χ1) is 38.8. The summed E-state index contributed by atoms with van der Waals surface area (Å²) in [6.45, 7) is 15.2. The third-order valence-electron chi connectivity index (χ3n) is 15.0. The first kappa shape index (κ1) is 71.2. The molecule has 2 aliphatic rings. The van der Waals surface area contributed by atoms with Crippen LogP contribution in [0.5, 0.6) is 0 Å². The Kier molecular flexibility index (Phi) is 34.3. The van der Waals surface area contributed by atoms with Gasteiger partial charge in [-0.15, -0.1) is 0 Å². The number of carbonyl (C=O) groups excluding carboxylic acids is 2. The Morgan fingerprint density at radius 3 is 1.67 bits per heavy atom. The molecule has 4 rings (SSSR count). The van der Waals surface area contributed by atoms with E-state index in [2.05, 4.69) is 73.7 Å². The number of hydrogen-bond acceptors (Lipinski definition) is 17. The van der Waals surface area contributed by atoms with Gasteiger partial charge in [0.05, 0.1) is 13.1 Å². The van der Waals surface area contributed by atoms with Gasteiger partial charge in [0.15, 0.2) is 0 Å². The van der Waals surface area contributed by atoms with Crippen LogP contribution in [0, 0.1) is 36.9 Å². The second-order valence-electron chi connectivity index (χ2n) is 21.5. The van der Waals surface area contributed by atoms with Crippen molar-refractivity contribution in [3.05, 3.63) is 41.2 Å². The van der Waals surface area contributed by atoms with Gasteiger partial charge in [0.25, 0.3) is 0 Å². The number of rotatable bonds is 35. The molecule has 3 amide bonds. The molecule has 2 aliphatic heterocycles. The number of unbranched alkanes of at least 4 members (excludes halogenated alkanes) is 8. The van der Waals surface area contributed by atoms with Gasteiger partial charge in [-0.25, -0.2) is 14.4 Å². The minimum Gasteiger partial charge on any atom is -0.481 e. The zero-order chi connectivity index (χ0) is 59.1. The van der Waals surface area contributed by atoms with E-state index < -0.39 is 54.4 Å². The summed E-state index contributed by atoms with van der Waals surface area (Å²) < 4.78 is 0. The molecule has 8 N–H and O–H groups in total. The summed E-state index contributed by atoms with van der Waals surface area (Å²) in [6.07, 6.45) is 10.5. The second-order valence-corrected chi connectivity index (χ2v) is 21.5. The number of hydrogen-bond donors (Lipinski definition) is 8. The molecule has 1 aromatic heterocycles. The molecule has 0 spiro atoms. The van der Waals surface area contributed by atoms with Crippen LogP contribution < -0.4 is 25.8 Å². The minimum absolute atomic E-state index is 0. The summed E-state index contributed by atoms with van der Waals surface area (Å²) >= 11 is 0. The number of carbonyl (C=O) groups is 7. The molecule has 0 bridgehead atoms. The number of carboxylic acids is 5. The summed E-state index contributed by atoms with van der Waals surface area (Å²) in [4.78, 5) is 112. The van der Waals surface area contributed by atoms with E-state index in [4.69, 9.17) is 20.1 Å². The Balaban J connectivity index is 0.0000176. The number of benzene rings is 1. The zero-order valence-corrected chi connectivity index (χ0v) is 50.4. The zero-order valence-electron chi connectivity index (χ0n) is 48.7. The van der Waals surface area contributed by atoms with Gasteiger partial charge >= 0.3 is 35.9 Å². The molecule has 469 valence electrons. The van der Waals surface area contributed by atoms with Gasteiger partial charge in [0.2, 0.25) is 17.8 Å². The Bertz CT molecular complexity index is 2260. The van der Waals surface area contributed by atoms with Crippen LogP contribution >= 0.6 is 0 Å². The Morgan fingerprint density at radius 2 is 1.12 bits per heavy atom. The van der Waals surface area contributed by atoms with Crippen LogP contribution in [-0.4, -0.2) is 250 Å². The third-order valence-corrected chi connectivity index (χ3v) is 15.0. The van der Waals surface area contributed by atoms with E-state index in [9.17, 15) is 54.0 Å². The summed E-state index contributed by atoms with van der Waals surface area (Å²) in [6, 6.07) is 5.11. The first-order valence-corrected chi connectivity index (χ1v) is 29.1. The predicted molar refractivity (Wildman–Crippen MR) is 307 cm³/mol. The van der Waals surface area contributed by atoms with Crippen LogP contribution in [0.2, 0.25) is 0 Å². The Labute approximate surface area is 513 Å². The molecule has 1 unspecified atom stereocenters. The standard InChI is InChI=1S/C56H93N13O12.Lu/c1-5-64-27-28-66(40-50(73)74)29-30-67(41-51(75)76)33-34-68(6-2)44(39-64)37-42-19-21-43(22-20-42)38-47-60-54(63(3)4)62-55(61-47)69-35-31-65(32-36-69)26-16-12-10-8-7-9-11-13-18-48(70)57-25-15-14-17-45(52(77)78)58-56(81)59-46(53(79)80)23-24-49(71)72;/h19-22,44-46H,5-18,23-41H2,1-4H3,(H,57,70)(H,71,72)(H,73,74)(H,75,76)(H,77,78)(H,79,80)(H2,58,59,81);/t44?,45-,46-;/m0./s1. The van der Waals surface area contributed by atoms with Crippen molar-refractivity contribution in [2.24, 2.45) is 0 Å². The smallest absolute Gasteiger partial charge is 0.326 e. The van der Waals surface area contributed by atoms with E-state index in [1.807, 2.05) is 28.8 Å². The van der Waals surface area contributed by atoms with E-state index in [0.29, 0.717) is 76.8 Å². The van der Waals surface area contributed by atoms with Gasteiger partial charge in [-0.2, -0.15) is 15.0 Å². The molecule has 3 heterocycles. The van der Waals surface area contributed by atoms with Crippen molar-refractivity contribution in [3.8, 4) is 0 Å². The first-order valence-electron chi connectivity index (χ1n) is 29.1. The maximum atomic E-state index is 12.3. The van der Waals surface area contributed by atoms with Crippen LogP contribution in [0.25, 0.3) is 0 Å². The van der Waals surface area contributed by atoms with Crippen molar-refractivity contribution in [3.63, 3.8) is 0 Å². The van der Waals surface area contributed by atoms with Crippen LogP contribution in [0.1, 0.15) is 121 Å². The molecular weight excluding hydrogens is 1220 g/mol. The molecule has 2 aromatic rings. The van der Waals surface area contributed by atoms with E-state index in [0.717, 1.165) is 115 Å². The van der Waals surface area contributed by atoms with Crippen molar-refractivity contribution in [2.75, 3.05) is 135 Å². The van der Waals surface area contributed by atoms with Gasteiger partial charge < -0.3 is 56.2 Å². The molecule has 1 radical (unpaired) electrons. The van der Waals surface area contributed by atoms with Crippen LogP contribution in [0.3, 0.4) is 0 Å². The average molecular weight is 1320 g/mol. The largest absolute Gasteiger partial charge is 0.481 e. The Hall–Kier alpha value is -5.05. The quantitative estimate of drug-likeness (QED) is 0.0460. The number of amides is 3. The molecule has 0 aliphatic carbocycles. The second kappa shape index (κ2) is 39.5. The fourth-order valence-electron chi connectivity index (χ4n) is 10.2. The van der Waals surface area contributed by atoms with Crippen molar-refractivity contribution in [2.45, 2.75) is 135 Å². The van der Waals surface area contributed by atoms with Gasteiger partial charge in [0.1, 0.15) is 17.9 Å². The number of piperazine rings is 1. The fourth-order valence-corrected chi connectivity index (χ4v) is 10.2. The maximum absolute atomic E-state index is 12.3.